The second kappa shape index (κ2) is 6.85. The van der Waals surface area contributed by atoms with Crippen molar-refractivity contribution in [2.24, 2.45) is 5.84 Å². The molecule has 20 heavy (non-hydrogen) atoms. The molecule has 106 valence electrons. The third kappa shape index (κ3) is 3.49. The lowest BCUT2D eigenvalue weighted by atomic mass is 9.98. The molecule has 2 aromatic carbocycles. The van der Waals surface area contributed by atoms with Crippen molar-refractivity contribution in [3.05, 3.63) is 67.5 Å². The smallest absolute Gasteiger partial charge is 0.142 e. The maximum atomic E-state index is 13.5. The van der Waals surface area contributed by atoms with E-state index in [1.165, 1.54) is 15.2 Å². The summed E-state index contributed by atoms with van der Waals surface area (Å²) in [7, 11) is 0. The summed E-state index contributed by atoms with van der Waals surface area (Å²) < 4.78 is 14.7. The van der Waals surface area contributed by atoms with Crippen molar-refractivity contribution >= 4 is 34.2 Å². The average molecular weight is 405 g/mol. The lowest BCUT2D eigenvalue weighted by molar-refractivity contribution is 0.546. The number of nitrogens with two attached hydrogens (primary N) is 1. The molecule has 1 atom stereocenters. The minimum Gasteiger partial charge on any atom is -0.271 e. The Hall–Kier alpha value is -0.690. The van der Waals surface area contributed by atoms with Crippen LogP contribution >= 0.6 is 34.2 Å². The first-order chi connectivity index (χ1) is 9.52. The zero-order valence-corrected chi connectivity index (χ0v) is 13.9. The van der Waals surface area contributed by atoms with Crippen LogP contribution in [0.1, 0.15) is 22.7 Å². The SMILES string of the molecule is Cc1cccc(C(Cc2ccc(Cl)c(F)c2)NN)c1I. The second-order valence-corrected chi connectivity index (χ2v) is 6.14. The van der Waals surface area contributed by atoms with Crippen LogP contribution in [0.5, 0.6) is 0 Å². The minimum atomic E-state index is -0.404. The molecule has 0 aliphatic rings. The van der Waals surface area contributed by atoms with E-state index in [1.807, 2.05) is 18.2 Å². The van der Waals surface area contributed by atoms with Crippen molar-refractivity contribution in [3.63, 3.8) is 0 Å². The molecule has 0 amide bonds. The topological polar surface area (TPSA) is 38.0 Å². The van der Waals surface area contributed by atoms with Gasteiger partial charge in [-0.1, -0.05) is 35.9 Å². The molecule has 0 bridgehead atoms. The second-order valence-electron chi connectivity index (χ2n) is 4.65. The highest BCUT2D eigenvalue weighted by molar-refractivity contribution is 14.1. The van der Waals surface area contributed by atoms with E-state index in [4.69, 9.17) is 17.4 Å². The molecule has 0 heterocycles. The van der Waals surface area contributed by atoms with Crippen molar-refractivity contribution < 1.29 is 4.39 Å². The van der Waals surface area contributed by atoms with Crippen LogP contribution in [-0.4, -0.2) is 0 Å². The van der Waals surface area contributed by atoms with Crippen LogP contribution in [0.3, 0.4) is 0 Å². The molecule has 2 aromatic rings. The molecule has 3 N–H and O–H groups in total. The number of hydrogen-bond acceptors (Lipinski definition) is 2. The van der Waals surface area contributed by atoms with E-state index in [2.05, 4.69) is 41.0 Å². The van der Waals surface area contributed by atoms with E-state index < -0.39 is 5.82 Å². The van der Waals surface area contributed by atoms with Crippen LogP contribution in [0.2, 0.25) is 5.02 Å². The molecule has 0 aliphatic heterocycles. The van der Waals surface area contributed by atoms with Crippen LogP contribution in [0.25, 0.3) is 0 Å². The Labute approximate surface area is 136 Å². The van der Waals surface area contributed by atoms with Crippen LogP contribution < -0.4 is 11.3 Å². The molecule has 0 aliphatic carbocycles. The Kier molecular flexibility index (Phi) is 5.37. The Morgan fingerprint density at radius 3 is 2.75 bits per heavy atom. The van der Waals surface area contributed by atoms with Gasteiger partial charge in [-0.05, 0) is 64.8 Å². The Balaban J connectivity index is 2.28. The van der Waals surface area contributed by atoms with Crippen LogP contribution in [0, 0.1) is 16.3 Å². The van der Waals surface area contributed by atoms with E-state index in [0.717, 1.165) is 11.1 Å². The van der Waals surface area contributed by atoms with E-state index >= 15 is 0 Å². The van der Waals surface area contributed by atoms with Crippen LogP contribution in [-0.2, 0) is 6.42 Å². The van der Waals surface area contributed by atoms with Crippen molar-refractivity contribution in [2.75, 3.05) is 0 Å². The number of hydrazine groups is 1. The van der Waals surface area contributed by atoms with Gasteiger partial charge >= 0.3 is 0 Å². The Morgan fingerprint density at radius 2 is 2.10 bits per heavy atom. The van der Waals surface area contributed by atoms with Gasteiger partial charge in [-0.25, -0.2) is 4.39 Å². The average Bonchev–Trinajstić information content (AvgIpc) is 2.43. The van der Waals surface area contributed by atoms with Gasteiger partial charge < -0.3 is 0 Å². The molecule has 0 saturated carbocycles. The van der Waals surface area contributed by atoms with Crippen molar-refractivity contribution in [1.29, 1.82) is 0 Å². The third-order valence-corrected chi connectivity index (χ3v) is 5.00. The summed E-state index contributed by atoms with van der Waals surface area (Å²) >= 11 is 8.01. The molecule has 1 unspecified atom stereocenters. The van der Waals surface area contributed by atoms with E-state index in [1.54, 1.807) is 6.07 Å². The van der Waals surface area contributed by atoms with E-state index in [9.17, 15) is 4.39 Å². The van der Waals surface area contributed by atoms with Crippen molar-refractivity contribution in [1.82, 2.24) is 5.43 Å². The predicted molar refractivity (Wildman–Crippen MR) is 89.1 cm³/mol. The zero-order chi connectivity index (χ0) is 14.7. The molecule has 0 aromatic heterocycles. The molecule has 0 radical (unpaired) electrons. The number of halogens is 3. The number of nitrogens with one attached hydrogen (secondary N) is 1. The molecular formula is C15H15ClFIN2. The van der Waals surface area contributed by atoms with Gasteiger partial charge in [0.2, 0.25) is 0 Å². The quantitative estimate of drug-likeness (QED) is 0.457. The normalized spacial score (nSPS) is 12.4. The van der Waals surface area contributed by atoms with Crippen LogP contribution in [0.15, 0.2) is 36.4 Å². The largest absolute Gasteiger partial charge is 0.271 e. The number of hydrogen-bond donors (Lipinski definition) is 2. The summed E-state index contributed by atoms with van der Waals surface area (Å²) in [5.74, 6) is 5.26. The molecule has 2 rings (SSSR count). The fourth-order valence-electron chi connectivity index (χ4n) is 2.10. The molecule has 2 nitrogen and oxygen atoms in total. The van der Waals surface area contributed by atoms with Gasteiger partial charge in [0.05, 0.1) is 11.1 Å². The summed E-state index contributed by atoms with van der Waals surface area (Å²) in [4.78, 5) is 0. The fraction of sp³-hybridized carbons (Fsp3) is 0.200. The zero-order valence-electron chi connectivity index (χ0n) is 11.0. The highest BCUT2D eigenvalue weighted by Crippen LogP contribution is 2.26. The molecular weight excluding hydrogens is 390 g/mol. The number of aryl methyl sites for hydroxylation is 1. The first-order valence-corrected chi connectivity index (χ1v) is 7.63. The molecule has 0 fully saturated rings. The molecule has 0 saturated heterocycles. The first-order valence-electron chi connectivity index (χ1n) is 6.18. The van der Waals surface area contributed by atoms with Gasteiger partial charge in [-0.2, -0.15) is 0 Å². The maximum absolute atomic E-state index is 13.5. The predicted octanol–water partition coefficient (Wildman–Crippen LogP) is 4.14. The summed E-state index contributed by atoms with van der Waals surface area (Å²) in [5.41, 5.74) is 5.98. The number of benzene rings is 2. The van der Waals surface area contributed by atoms with Gasteiger partial charge in [-0.15, -0.1) is 0 Å². The van der Waals surface area contributed by atoms with Crippen molar-refractivity contribution in [3.8, 4) is 0 Å². The Bertz CT molecular complexity index is 619. The summed E-state index contributed by atoms with van der Waals surface area (Å²) in [6.45, 7) is 2.06. The van der Waals surface area contributed by atoms with Crippen LogP contribution in [0.4, 0.5) is 4.39 Å². The van der Waals surface area contributed by atoms with E-state index in [-0.39, 0.29) is 11.1 Å². The standard InChI is InChI=1S/C15H15ClFIN2/c1-9-3-2-4-11(15(9)18)14(20-19)8-10-5-6-12(16)13(17)7-10/h2-7,14,20H,8,19H2,1H3. The summed E-state index contributed by atoms with van der Waals surface area (Å²) in [5, 5.41) is 0.135. The van der Waals surface area contributed by atoms with Gasteiger partial charge in [-0.3, -0.25) is 11.3 Å². The van der Waals surface area contributed by atoms with Gasteiger partial charge in [0.15, 0.2) is 0 Å². The Morgan fingerprint density at radius 1 is 1.35 bits per heavy atom. The minimum absolute atomic E-state index is 0.0672. The highest BCUT2D eigenvalue weighted by Gasteiger charge is 2.15. The van der Waals surface area contributed by atoms with Gasteiger partial charge in [0.1, 0.15) is 5.82 Å². The fourth-order valence-corrected chi connectivity index (χ4v) is 2.95. The van der Waals surface area contributed by atoms with Gasteiger partial charge in [0, 0.05) is 3.57 Å². The highest BCUT2D eigenvalue weighted by atomic mass is 127. The van der Waals surface area contributed by atoms with Crippen molar-refractivity contribution in [2.45, 2.75) is 19.4 Å². The van der Waals surface area contributed by atoms with E-state index in [0.29, 0.717) is 6.42 Å². The molecule has 0 spiro atoms. The maximum Gasteiger partial charge on any atom is 0.142 e. The lowest BCUT2D eigenvalue weighted by Crippen LogP contribution is -2.30. The third-order valence-electron chi connectivity index (χ3n) is 3.22. The first kappa shape index (κ1) is 15.7. The summed E-state index contributed by atoms with van der Waals surface area (Å²) in [6.07, 6.45) is 0.601. The monoisotopic (exact) mass is 404 g/mol. The summed E-state index contributed by atoms with van der Waals surface area (Å²) in [6, 6.07) is 10.9. The van der Waals surface area contributed by atoms with Gasteiger partial charge in [0.25, 0.3) is 0 Å². The lowest BCUT2D eigenvalue weighted by Gasteiger charge is -2.19. The number of rotatable bonds is 4. The molecule has 5 heteroatoms.